The second-order valence-corrected chi connectivity index (χ2v) is 8.68. The van der Waals surface area contributed by atoms with E-state index >= 15 is 0 Å². The molecule has 3 fully saturated rings. The Bertz CT molecular complexity index is 1020. The van der Waals surface area contributed by atoms with Crippen molar-refractivity contribution in [2.24, 2.45) is 11.8 Å². The van der Waals surface area contributed by atoms with Gasteiger partial charge in [-0.3, -0.25) is 19.0 Å². The maximum atomic E-state index is 12.9. The van der Waals surface area contributed by atoms with Crippen molar-refractivity contribution in [3.8, 4) is 0 Å². The molecule has 4 heterocycles. The number of aromatic nitrogens is 2. The van der Waals surface area contributed by atoms with Gasteiger partial charge in [-0.05, 0) is 43.2 Å². The number of likely N-dealkylation sites (tertiary alicyclic amines) is 1. The quantitative estimate of drug-likeness (QED) is 0.793. The highest BCUT2D eigenvalue weighted by molar-refractivity contribution is 5.79. The zero-order valence-electron chi connectivity index (χ0n) is 16.5. The van der Waals surface area contributed by atoms with E-state index < -0.39 is 0 Å². The molecule has 2 amide bonds. The maximum absolute atomic E-state index is 12.9. The fourth-order valence-corrected chi connectivity index (χ4v) is 5.45. The number of nitrogens with zero attached hydrogens (tertiary/aromatic N) is 4. The third-order valence-electron chi connectivity index (χ3n) is 6.83. The summed E-state index contributed by atoms with van der Waals surface area (Å²) in [6.45, 7) is 2.58. The first-order chi connectivity index (χ1) is 14.1. The largest absolute Gasteiger partial charge is 0.342 e. The van der Waals surface area contributed by atoms with Crippen LogP contribution in [0.1, 0.15) is 32.1 Å². The molecule has 0 N–H and O–H groups in total. The molecule has 2 bridgehead atoms. The third-order valence-corrected chi connectivity index (χ3v) is 6.83. The zero-order valence-corrected chi connectivity index (χ0v) is 16.5. The van der Waals surface area contributed by atoms with Crippen molar-refractivity contribution in [1.29, 1.82) is 0 Å². The summed E-state index contributed by atoms with van der Waals surface area (Å²) < 4.78 is 1.53. The molecular formula is C22H26N4O3. The number of amides is 2. The molecule has 0 radical (unpaired) electrons. The van der Waals surface area contributed by atoms with Gasteiger partial charge in [0.05, 0.1) is 17.2 Å². The predicted molar refractivity (Wildman–Crippen MR) is 108 cm³/mol. The summed E-state index contributed by atoms with van der Waals surface area (Å²) in [6, 6.07) is 7.57. The molecular weight excluding hydrogens is 368 g/mol. The number of para-hydroxylation sites is 1. The fourth-order valence-electron chi connectivity index (χ4n) is 5.45. The smallest absolute Gasteiger partial charge is 0.261 e. The number of carbonyl (C=O) groups excluding carboxylic acids is 2. The van der Waals surface area contributed by atoms with Gasteiger partial charge in [-0.25, -0.2) is 4.98 Å². The van der Waals surface area contributed by atoms with E-state index in [2.05, 4.69) is 9.88 Å². The molecule has 0 unspecified atom stereocenters. The first kappa shape index (κ1) is 18.3. The van der Waals surface area contributed by atoms with Gasteiger partial charge in [0.25, 0.3) is 5.56 Å². The first-order valence-corrected chi connectivity index (χ1v) is 10.6. The molecule has 3 aliphatic heterocycles. The topological polar surface area (TPSA) is 75.5 Å². The van der Waals surface area contributed by atoms with Crippen LogP contribution in [0.5, 0.6) is 0 Å². The van der Waals surface area contributed by atoms with E-state index in [1.54, 1.807) is 6.07 Å². The average molecular weight is 394 g/mol. The molecule has 1 aromatic heterocycles. The van der Waals surface area contributed by atoms with Gasteiger partial charge in [-0.2, -0.15) is 0 Å². The van der Waals surface area contributed by atoms with Gasteiger partial charge >= 0.3 is 0 Å². The van der Waals surface area contributed by atoms with E-state index in [1.165, 1.54) is 10.9 Å². The second kappa shape index (κ2) is 7.28. The Labute approximate surface area is 169 Å². The summed E-state index contributed by atoms with van der Waals surface area (Å²) in [5.41, 5.74) is 0.575. The van der Waals surface area contributed by atoms with Gasteiger partial charge in [0.15, 0.2) is 0 Å². The molecule has 152 valence electrons. The fraction of sp³-hybridized carbons (Fsp3) is 0.545. The highest BCUT2D eigenvalue weighted by atomic mass is 16.2. The number of rotatable bonds is 3. The standard InChI is InChI=1S/C22H26N4O3/c27-20(8-9-24-14-23-18-5-2-1-4-17(18)22(24)29)25-11-15-10-16(13-25)19-6-3-7-21(28)26(19)12-15/h1-2,4-5,14-16,19H,3,6-13H2/t15-,16+,19+/m1/s1. The normalized spacial score (nSPS) is 26.5. The van der Waals surface area contributed by atoms with Crippen molar-refractivity contribution in [2.75, 3.05) is 19.6 Å². The van der Waals surface area contributed by atoms with E-state index in [9.17, 15) is 14.4 Å². The molecule has 0 saturated carbocycles. The Hall–Kier alpha value is -2.70. The Kier molecular flexibility index (Phi) is 4.60. The Morgan fingerprint density at radius 1 is 1.14 bits per heavy atom. The number of hydrogen-bond donors (Lipinski definition) is 0. The SMILES string of the molecule is O=C(CCn1cnc2ccccc2c1=O)N1C[C@H]2C[C@@H](C1)[C@@H]1CCCC(=O)N1C2. The van der Waals surface area contributed by atoms with Gasteiger partial charge in [0.1, 0.15) is 0 Å². The van der Waals surface area contributed by atoms with Crippen molar-refractivity contribution in [2.45, 2.75) is 44.7 Å². The summed E-state index contributed by atoms with van der Waals surface area (Å²) in [4.78, 5) is 46.2. The minimum Gasteiger partial charge on any atom is -0.342 e. The first-order valence-electron chi connectivity index (χ1n) is 10.6. The number of hydrogen-bond acceptors (Lipinski definition) is 4. The van der Waals surface area contributed by atoms with Crippen molar-refractivity contribution in [3.63, 3.8) is 0 Å². The maximum Gasteiger partial charge on any atom is 0.261 e. The predicted octanol–water partition coefficient (Wildman–Crippen LogP) is 1.65. The summed E-state index contributed by atoms with van der Waals surface area (Å²) in [5.74, 6) is 1.15. The van der Waals surface area contributed by atoms with Crippen molar-refractivity contribution < 1.29 is 9.59 Å². The van der Waals surface area contributed by atoms with E-state index in [0.29, 0.717) is 54.1 Å². The summed E-state index contributed by atoms with van der Waals surface area (Å²) in [7, 11) is 0. The number of benzene rings is 1. The molecule has 3 aliphatic rings. The van der Waals surface area contributed by atoms with Crippen LogP contribution in [0, 0.1) is 11.8 Å². The summed E-state index contributed by atoms with van der Waals surface area (Å²) >= 11 is 0. The van der Waals surface area contributed by atoms with Crippen LogP contribution in [0.4, 0.5) is 0 Å². The lowest BCUT2D eigenvalue weighted by molar-refractivity contribution is -0.148. The number of fused-ring (bicyclic) bond motifs is 5. The lowest BCUT2D eigenvalue weighted by Gasteiger charge is -2.52. The molecule has 5 rings (SSSR count). The van der Waals surface area contributed by atoms with Crippen LogP contribution in [0.3, 0.4) is 0 Å². The van der Waals surface area contributed by atoms with Gasteiger partial charge < -0.3 is 9.80 Å². The number of carbonyl (C=O) groups is 2. The van der Waals surface area contributed by atoms with Crippen LogP contribution in [-0.4, -0.2) is 56.8 Å². The monoisotopic (exact) mass is 394 g/mol. The highest BCUT2D eigenvalue weighted by Gasteiger charge is 2.44. The lowest BCUT2D eigenvalue weighted by Crippen LogP contribution is -2.61. The van der Waals surface area contributed by atoms with Crippen LogP contribution < -0.4 is 5.56 Å². The van der Waals surface area contributed by atoms with Crippen molar-refractivity contribution in [1.82, 2.24) is 19.4 Å². The van der Waals surface area contributed by atoms with Crippen LogP contribution in [-0.2, 0) is 16.1 Å². The molecule has 0 spiro atoms. The molecule has 7 nitrogen and oxygen atoms in total. The van der Waals surface area contributed by atoms with E-state index in [1.807, 2.05) is 23.1 Å². The Morgan fingerprint density at radius 2 is 2.00 bits per heavy atom. The minimum atomic E-state index is -0.102. The Morgan fingerprint density at radius 3 is 2.90 bits per heavy atom. The minimum absolute atomic E-state index is 0.0929. The van der Waals surface area contributed by atoms with Crippen LogP contribution in [0.25, 0.3) is 10.9 Å². The van der Waals surface area contributed by atoms with Gasteiger partial charge in [0.2, 0.25) is 11.8 Å². The molecule has 1 aromatic carbocycles. The van der Waals surface area contributed by atoms with Gasteiger partial charge in [-0.15, -0.1) is 0 Å². The van der Waals surface area contributed by atoms with Crippen LogP contribution >= 0.6 is 0 Å². The van der Waals surface area contributed by atoms with E-state index in [-0.39, 0.29) is 11.5 Å². The molecule has 0 aliphatic carbocycles. The highest BCUT2D eigenvalue weighted by Crippen LogP contribution is 2.38. The average Bonchev–Trinajstić information content (AvgIpc) is 2.74. The molecule has 3 atom stereocenters. The van der Waals surface area contributed by atoms with Crippen molar-refractivity contribution >= 4 is 22.7 Å². The molecule has 29 heavy (non-hydrogen) atoms. The number of piperidine rings is 3. The van der Waals surface area contributed by atoms with Crippen LogP contribution in [0.15, 0.2) is 35.4 Å². The van der Waals surface area contributed by atoms with Gasteiger partial charge in [0, 0.05) is 45.1 Å². The lowest BCUT2D eigenvalue weighted by atomic mass is 9.76. The third kappa shape index (κ3) is 3.32. The number of aryl methyl sites for hydroxylation is 1. The second-order valence-electron chi connectivity index (χ2n) is 8.68. The molecule has 7 heteroatoms. The Balaban J connectivity index is 1.26. The zero-order chi connectivity index (χ0) is 20.0. The molecule has 3 saturated heterocycles. The van der Waals surface area contributed by atoms with Gasteiger partial charge in [-0.1, -0.05) is 12.1 Å². The molecule has 2 aromatic rings. The van der Waals surface area contributed by atoms with E-state index in [4.69, 9.17) is 0 Å². The summed E-state index contributed by atoms with van der Waals surface area (Å²) in [5, 5.41) is 0.581. The van der Waals surface area contributed by atoms with E-state index in [0.717, 1.165) is 38.9 Å². The summed E-state index contributed by atoms with van der Waals surface area (Å²) in [6.07, 6.45) is 5.65. The van der Waals surface area contributed by atoms with Crippen molar-refractivity contribution in [3.05, 3.63) is 40.9 Å². The van der Waals surface area contributed by atoms with Crippen LogP contribution in [0.2, 0.25) is 0 Å².